The minimum absolute atomic E-state index is 0.512. The van der Waals surface area contributed by atoms with Gasteiger partial charge >= 0.3 is 0 Å². The molecule has 1 atom stereocenters. The van der Waals surface area contributed by atoms with Crippen molar-refractivity contribution in [2.75, 3.05) is 54.4 Å². The molecule has 1 aliphatic rings. The monoisotopic (exact) mass is 293 g/mol. The number of nitrogens with one attached hydrogen (secondary N) is 1. The van der Waals surface area contributed by atoms with Gasteiger partial charge in [0.05, 0.1) is 12.8 Å². The first kappa shape index (κ1) is 15.9. The third kappa shape index (κ3) is 4.47. The van der Waals surface area contributed by atoms with Gasteiger partial charge in [-0.1, -0.05) is 0 Å². The summed E-state index contributed by atoms with van der Waals surface area (Å²) in [5, 5.41) is 3.47. The fourth-order valence-electron chi connectivity index (χ4n) is 2.63. The Hall–Kier alpha value is -1.53. The first-order valence-electron chi connectivity index (χ1n) is 7.43. The van der Waals surface area contributed by atoms with E-state index in [1.165, 1.54) is 0 Å². The van der Waals surface area contributed by atoms with Gasteiger partial charge in [0.2, 0.25) is 0 Å². The summed E-state index contributed by atoms with van der Waals surface area (Å²) in [6, 6.07) is 4.40. The lowest BCUT2D eigenvalue weighted by atomic mass is 10.2. The molecule has 2 rings (SSSR count). The molecule has 1 fully saturated rings. The normalized spacial score (nSPS) is 21.5. The van der Waals surface area contributed by atoms with Crippen molar-refractivity contribution >= 4 is 5.96 Å². The number of nitrogens with zero attached hydrogens (tertiary/aromatic N) is 4. The van der Waals surface area contributed by atoms with Crippen molar-refractivity contribution in [1.29, 1.82) is 0 Å². The molecule has 118 valence electrons. The highest BCUT2D eigenvalue weighted by Crippen LogP contribution is 2.06. The second-order valence-electron chi connectivity index (χ2n) is 5.76. The van der Waals surface area contributed by atoms with Gasteiger partial charge in [0.1, 0.15) is 5.76 Å². The van der Waals surface area contributed by atoms with Crippen LogP contribution in [0.2, 0.25) is 0 Å². The van der Waals surface area contributed by atoms with E-state index in [9.17, 15) is 0 Å². The Labute approximate surface area is 127 Å². The minimum Gasteiger partial charge on any atom is -0.467 e. The topological polar surface area (TPSA) is 47.3 Å². The molecule has 1 aromatic heterocycles. The van der Waals surface area contributed by atoms with Crippen molar-refractivity contribution in [2.45, 2.75) is 12.6 Å². The summed E-state index contributed by atoms with van der Waals surface area (Å²) in [6.07, 6.45) is 1.70. The molecule has 0 spiro atoms. The van der Waals surface area contributed by atoms with Crippen LogP contribution in [0.4, 0.5) is 0 Å². The van der Waals surface area contributed by atoms with Crippen LogP contribution in [0, 0.1) is 0 Å². The second-order valence-corrected chi connectivity index (χ2v) is 5.76. The first-order chi connectivity index (χ1) is 10.1. The molecule has 1 aromatic rings. The molecule has 1 unspecified atom stereocenters. The van der Waals surface area contributed by atoms with Crippen LogP contribution in [-0.4, -0.2) is 81.1 Å². The zero-order valence-electron chi connectivity index (χ0n) is 13.5. The summed E-state index contributed by atoms with van der Waals surface area (Å²) in [6.45, 7) is 4.95. The summed E-state index contributed by atoms with van der Waals surface area (Å²) in [5.41, 5.74) is 0. The SMILES string of the molecule is CN=C(NCC1CN(C)CCN1C)N(C)Cc1ccco1. The largest absolute Gasteiger partial charge is 0.467 e. The van der Waals surface area contributed by atoms with E-state index in [-0.39, 0.29) is 0 Å². The summed E-state index contributed by atoms with van der Waals surface area (Å²) in [7, 11) is 8.21. The third-order valence-electron chi connectivity index (χ3n) is 4.02. The molecule has 0 aromatic carbocycles. The van der Waals surface area contributed by atoms with Crippen molar-refractivity contribution in [1.82, 2.24) is 20.0 Å². The maximum Gasteiger partial charge on any atom is 0.193 e. The lowest BCUT2D eigenvalue weighted by Crippen LogP contribution is -2.55. The van der Waals surface area contributed by atoms with E-state index in [1.807, 2.05) is 26.2 Å². The highest BCUT2D eigenvalue weighted by Gasteiger charge is 2.22. The smallest absolute Gasteiger partial charge is 0.193 e. The number of furan rings is 1. The Kier molecular flexibility index (Phi) is 5.64. The molecule has 0 radical (unpaired) electrons. The van der Waals surface area contributed by atoms with Crippen molar-refractivity contribution in [2.24, 2.45) is 4.99 Å². The average Bonchev–Trinajstić information content (AvgIpc) is 2.96. The van der Waals surface area contributed by atoms with Crippen molar-refractivity contribution in [3.8, 4) is 0 Å². The van der Waals surface area contributed by atoms with Gasteiger partial charge in [0.15, 0.2) is 5.96 Å². The van der Waals surface area contributed by atoms with Gasteiger partial charge < -0.3 is 19.5 Å². The van der Waals surface area contributed by atoms with Gasteiger partial charge in [0, 0.05) is 46.3 Å². The molecule has 0 aliphatic carbocycles. The van der Waals surface area contributed by atoms with Crippen LogP contribution in [0.5, 0.6) is 0 Å². The van der Waals surface area contributed by atoms with Gasteiger partial charge in [-0.3, -0.25) is 9.89 Å². The average molecular weight is 293 g/mol. The van der Waals surface area contributed by atoms with Crippen LogP contribution in [0.25, 0.3) is 0 Å². The van der Waals surface area contributed by atoms with E-state index in [4.69, 9.17) is 4.42 Å². The Balaban J connectivity index is 1.84. The minimum atomic E-state index is 0.512. The van der Waals surface area contributed by atoms with E-state index in [1.54, 1.807) is 6.26 Å². The van der Waals surface area contributed by atoms with Gasteiger partial charge in [-0.25, -0.2) is 0 Å². The highest BCUT2D eigenvalue weighted by molar-refractivity contribution is 5.79. The van der Waals surface area contributed by atoms with Gasteiger partial charge in [-0.2, -0.15) is 0 Å². The summed E-state index contributed by atoms with van der Waals surface area (Å²) in [5.74, 6) is 1.84. The first-order valence-corrected chi connectivity index (χ1v) is 7.43. The number of aliphatic imine (C=N–C) groups is 1. The standard InChI is InChI=1S/C15H27N5O/c1-16-15(20(4)12-14-6-5-9-21-14)17-10-13-11-18(2)7-8-19(13)3/h5-6,9,13H,7-8,10-12H2,1-4H3,(H,16,17). The number of likely N-dealkylation sites (N-methyl/N-ethyl adjacent to an activating group) is 2. The molecule has 6 heteroatoms. The summed E-state index contributed by atoms with van der Waals surface area (Å²) < 4.78 is 5.39. The lowest BCUT2D eigenvalue weighted by molar-refractivity contribution is 0.116. The molecular formula is C15H27N5O. The van der Waals surface area contributed by atoms with Gasteiger partial charge in [-0.05, 0) is 26.2 Å². The Bertz CT molecular complexity index is 445. The second kappa shape index (κ2) is 7.47. The molecule has 6 nitrogen and oxygen atoms in total. The summed E-state index contributed by atoms with van der Waals surface area (Å²) in [4.78, 5) is 11.2. The van der Waals surface area contributed by atoms with Gasteiger partial charge in [0.25, 0.3) is 0 Å². The zero-order valence-corrected chi connectivity index (χ0v) is 13.5. The number of hydrogen-bond acceptors (Lipinski definition) is 4. The van der Waals surface area contributed by atoms with Crippen LogP contribution in [-0.2, 0) is 6.54 Å². The fourth-order valence-corrected chi connectivity index (χ4v) is 2.63. The van der Waals surface area contributed by atoms with Crippen LogP contribution in [0.15, 0.2) is 27.8 Å². The number of piperazine rings is 1. The Morgan fingerprint density at radius 3 is 2.95 bits per heavy atom. The zero-order chi connectivity index (χ0) is 15.2. The maximum absolute atomic E-state index is 5.39. The Morgan fingerprint density at radius 1 is 1.48 bits per heavy atom. The van der Waals surface area contributed by atoms with E-state index in [0.29, 0.717) is 12.6 Å². The van der Waals surface area contributed by atoms with Crippen molar-refractivity contribution in [3.05, 3.63) is 24.2 Å². The van der Waals surface area contributed by atoms with Crippen molar-refractivity contribution in [3.63, 3.8) is 0 Å². The van der Waals surface area contributed by atoms with Crippen LogP contribution in [0.1, 0.15) is 5.76 Å². The molecule has 2 heterocycles. The quantitative estimate of drug-likeness (QED) is 0.648. The predicted molar refractivity (Wildman–Crippen MR) is 85.5 cm³/mol. The van der Waals surface area contributed by atoms with E-state index >= 15 is 0 Å². The van der Waals surface area contributed by atoms with Gasteiger partial charge in [-0.15, -0.1) is 0 Å². The van der Waals surface area contributed by atoms with Crippen LogP contribution < -0.4 is 5.32 Å². The van der Waals surface area contributed by atoms with E-state index in [0.717, 1.165) is 37.9 Å². The summed E-state index contributed by atoms with van der Waals surface area (Å²) >= 11 is 0. The number of hydrogen-bond donors (Lipinski definition) is 1. The molecule has 0 bridgehead atoms. The highest BCUT2D eigenvalue weighted by atomic mass is 16.3. The van der Waals surface area contributed by atoms with Crippen LogP contribution in [0.3, 0.4) is 0 Å². The lowest BCUT2D eigenvalue weighted by Gasteiger charge is -2.38. The van der Waals surface area contributed by atoms with E-state index < -0.39 is 0 Å². The number of guanidine groups is 1. The Morgan fingerprint density at radius 2 is 2.29 bits per heavy atom. The van der Waals surface area contributed by atoms with Crippen LogP contribution >= 0.6 is 0 Å². The molecule has 1 aliphatic heterocycles. The molecule has 0 saturated carbocycles. The predicted octanol–water partition coefficient (Wildman–Crippen LogP) is 0.533. The molecule has 21 heavy (non-hydrogen) atoms. The molecule has 1 saturated heterocycles. The molecule has 0 amide bonds. The van der Waals surface area contributed by atoms with Crippen molar-refractivity contribution < 1.29 is 4.42 Å². The third-order valence-corrected chi connectivity index (χ3v) is 4.02. The number of rotatable bonds is 4. The fraction of sp³-hybridized carbons (Fsp3) is 0.667. The molecule has 1 N–H and O–H groups in total. The molecular weight excluding hydrogens is 266 g/mol. The maximum atomic E-state index is 5.39. The van der Waals surface area contributed by atoms with E-state index in [2.05, 4.69) is 39.1 Å².